The third kappa shape index (κ3) is 3.70. The summed E-state index contributed by atoms with van der Waals surface area (Å²) in [6.45, 7) is 6.09. The van der Waals surface area contributed by atoms with Gasteiger partial charge in [0.25, 0.3) is 0 Å². The molecule has 0 atom stereocenters. The fraction of sp³-hybridized carbons (Fsp3) is 1.00. The van der Waals surface area contributed by atoms with Gasteiger partial charge in [0.2, 0.25) is 0 Å². The summed E-state index contributed by atoms with van der Waals surface area (Å²) in [6, 6.07) is 0. The first-order chi connectivity index (χ1) is 5.43. The van der Waals surface area contributed by atoms with Crippen molar-refractivity contribution >= 4 is 0 Å². The third-order valence-electron chi connectivity index (χ3n) is 2.08. The highest BCUT2D eigenvalue weighted by Gasteiger charge is 2.11. The van der Waals surface area contributed by atoms with Crippen LogP contribution in [-0.4, -0.2) is 26.2 Å². The van der Waals surface area contributed by atoms with E-state index in [-0.39, 0.29) is 0 Å². The Bertz CT molecular complexity index is 92.1. The summed E-state index contributed by atoms with van der Waals surface area (Å²) in [5.74, 6) is 0.808. The molecule has 2 N–H and O–H groups in total. The average Bonchev–Trinajstić information content (AvgIpc) is 2.07. The number of hydroxylamine groups is 1. The first kappa shape index (κ1) is 8.97. The fourth-order valence-electron chi connectivity index (χ4n) is 1.36. The standard InChI is InChI=1S/C8H18N2O/c1-2-11-10-7-8-3-5-9-6-4-8/h8-10H,2-7H2,1H3. The fourth-order valence-corrected chi connectivity index (χ4v) is 1.36. The summed E-state index contributed by atoms with van der Waals surface area (Å²) in [7, 11) is 0. The summed E-state index contributed by atoms with van der Waals surface area (Å²) in [4.78, 5) is 5.07. The largest absolute Gasteiger partial charge is 0.317 e. The van der Waals surface area contributed by atoms with Crippen molar-refractivity contribution < 1.29 is 4.84 Å². The highest BCUT2D eigenvalue weighted by Crippen LogP contribution is 2.09. The van der Waals surface area contributed by atoms with Gasteiger partial charge in [-0.05, 0) is 38.8 Å². The Hall–Kier alpha value is -0.120. The molecule has 11 heavy (non-hydrogen) atoms. The van der Waals surface area contributed by atoms with Crippen molar-refractivity contribution in [1.82, 2.24) is 10.8 Å². The van der Waals surface area contributed by atoms with Crippen LogP contribution >= 0.6 is 0 Å². The second-order valence-corrected chi connectivity index (χ2v) is 2.97. The number of rotatable bonds is 4. The van der Waals surface area contributed by atoms with E-state index in [4.69, 9.17) is 4.84 Å². The van der Waals surface area contributed by atoms with Gasteiger partial charge in [0.15, 0.2) is 0 Å². The Labute approximate surface area is 68.5 Å². The van der Waals surface area contributed by atoms with Crippen LogP contribution in [0.2, 0.25) is 0 Å². The summed E-state index contributed by atoms with van der Waals surface area (Å²) in [5, 5.41) is 3.34. The lowest BCUT2D eigenvalue weighted by molar-refractivity contribution is 0.0385. The molecule has 1 aliphatic rings. The van der Waals surface area contributed by atoms with Crippen LogP contribution in [0.1, 0.15) is 19.8 Å². The number of hydrogen-bond acceptors (Lipinski definition) is 3. The molecule has 0 radical (unpaired) electrons. The SMILES string of the molecule is CCONCC1CCNCC1. The van der Waals surface area contributed by atoms with Gasteiger partial charge in [0.05, 0.1) is 6.61 Å². The van der Waals surface area contributed by atoms with E-state index in [0.29, 0.717) is 0 Å². The summed E-state index contributed by atoms with van der Waals surface area (Å²) < 4.78 is 0. The van der Waals surface area contributed by atoms with E-state index < -0.39 is 0 Å². The van der Waals surface area contributed by atoms with E-state index in [2.05, 4.69) is 10.8 Å². The lowest BCUT2D eigenvalue weighted by Gasteiger charge is -2.22. The van der Waals surface area contributed by atoms with Gasteiger partial charge in [0, 0.05) is 6.54 Å². The first-order valence-corrected chi connectivity index (χ1v) is 4.49. The molecule has 1 saturated heterocycles. The van der Waals surface area contributed by atoms with E-state index in [9.17, 15) is 0 Å². The van der Waals surface area contributed by atoms with Gasteiger partial charge in [-0.1, -0.05) is 0 Å². The van der Waals surface area contributed by atoms with Gasteiger partial charge in [-0.2, -0.15) is 0 Å². The summed E-state index contributed by atoms with van der Waals surface area (Å²) >= 11 is 0. The minimum Gasteiger partial charge on any atom is -0.317 e. The first-order valence-electron chi connectivity index (χ1n) is 4.49. The maximum atomic E-state index is 5.07. The number of nitrogens with one attached hydrogen (secondary N) is 2. The molecule has 0 aromatic carbocycles. The third-order valence-corrected chi connectivity index (χ3v) is 2.08. The normalized spacial score (nSPS) is 20.5. The smallest absolute Gasteiger partial charge is 0.0653 e. The van der Waals surface area contributed by atoms with Gasteiger partial charge in [-0.3, -0.25) is 0 Å². The Kier molecular flexibility index (Phi) is 4.50. The zero-order chi connectivity index (χ0) is 7.94. The molecule has 0 unspecified atom stereocenters. The predicted octanol–water partition coefficient (Wildman–Crippen LogP) is 0.527. The summed E-state index contributed by atoms with van der Waals surface area (Å²) in [6.07, 6.45) is 2.56. The Balaban J connectivity index is 1.96. The van der Waals surface area contributed by atoms with Crippen molar-refractivity contribution in [1.29, 1.82) is 0 Å². The van der Waals surface area contributed by atoms with E-state index in [1.165, 1.54) is 25.9 Å². The van der Waals surface area contributed by atoms with Crippen molar-refractivity contribution in [2.45, 2.75) is 19.8 Å². The Morgan fingerprint density at radius 2 is 2.18 bits per heavy atom. The predicted molar refractivity (Wildman–Crippen MR) is 45.2 cm³/mol. The van der Waals surface area contributed by atoms with Crippen LogP contribution in [0.5, 0.6) is 0 Å². The quantitative estimate of drug-likeness (QED) is 0.462. The average molecular weight is 158 g/mol. The van der Waals surface area contributed by atoms with E-state index in [0.717, 1.165) is 19.1 Å². The topological polar surface area (TPSA) is 33.3 Å². The molecule has 3 nitrogen and oxygen atoms in total. The molecule has 0 aliphatic carbocycles. The second-order valence-electron chi connectivity index (χ2n) is 2.97. The van der Waals surface area contributed by atoms with E-state index in [1.54, 1.807) is 0 Å². The highest BCUT2D eigenvalue weighted by molar-refractivity contribution is 4.68. The molecule has 0 aromatic rings. The summed E-state index contributed by atoms with van der Waals surface area (Å²) in [5.41, 5.74) is 2.98. The Morgan fingerprint density at radius 3 is 2.82 bits per heavy atom. The molecule has 1 heterocycles. The molecule has 1 fully saturated rings. The Morgan fingerprint density at radius 1 is 1.45 bits per heavy atom. The lowest BCUT2D eigenvalue weighted by atomic mass is 9.99. The molecule has 1 aliphatic heterocycles. The monoisotopic (exact) mass is 158 g/mol. The maximum Gasteiger partial charge on any atom is 0.0653 e. The van der Waals surface area contributed by atoms with Crippen LogP contribution in [0.4, 0.5) is 0 Å². The number of hydrogen-bond donors (Lipinski definition) is 2. The van der Waals surface area contributed by atoms with Crippen molar-refractivity contribution in [2.24, 2.45) is 5.92 Å². The molecule has 0 spiro atoms. The van der Waals surface area contributed by atoms with Gasteiger partial charge in [0.1, 0.15) is 0 Å². The second kappa shape index (κ2) is 5.52. The molecular weight excluding hydrogens is 140 g/mol. The van der Waals surface area contributed by atoms with Crippen LogP contribution < -0.4 is 10.8 Å². The molecule has 0 aromatic heterocycles. The van der Waals surface area contributed by atoms with E-state index >= 15 is 0 Å². The zero-order valence-corrected chi connectivity index (χ0v) is 7.23. The minimum atomic E-state index is 0.755. The van der Waals surface area contributed by atoms with Gasteiger partial charge >= 0.3 is 0 Å². The van der Waals surface area contributed by atoms with Crippen LogP contribution in [0.25, 0.3) is 0 Å². The highest BCUT2D eigenvalue weighted by atomic mass is 16.6. The molecule has 1 rings (SSSR count). The van der Waals surface area contributed by atoms with Crippen molar-refractivity contribution in [2.75, 3.05) is 26.2 Å². The van der Waals surface area contributed by atoms with E-state index in [1.807, 2.05) is 6.92 Å². The van der Waals surface area contributed by atoms with Gasteiger partial charge < -0.3 is 10.2 Å². The van der Waals surface area contributed by atoms with Crippen LogP contribution in [0, 0.1) is 5.92 Å². The minimum absolute atomic E-state index is 0.755. The van der Waals surface area contributed by atoms with Crippen LogP contribution in [-0.2, 0) is 4.84 Å². The maximum absolute atomic E-state index is 5.07. The number of piperidine rings is 1. The van der Waals surface area contributed by atoms with Crippen LogP contribution in [0.15, 0.2) is 0 Å². The van der Waals surface area contributed by atoms with Crippen molar-refractivity contribution in [3.8, 4) is 0 Å². The molecular formula is C8H18N2O. The molecule has 3 heteroatoms. The van der Waals surface area contributed by atoms with Gasteiger partial charge in [-0.25, -0.2) is 5.48 Å². The zero-order valence-electron chi connectivity index (χ0n) is 7.23. The van der Waals surface area contributed by atoms with Crippen molar-refractivity contribution in [3.63, 3.8) is 0 Å². The molecule has 66 valence electrons. The van der Waals surface area contributed by atoms with Gasteiger partial charge in [-0.15, -0.1) is 0 Å². The molecule has 0 bridgehead atoms. The molecule has 0 saturated carbocycles. The van der Waals surface area contributed by atoms with Crippen molar-refractivity contribution in [3.05, 3.63) is 0 Å². The molecule has 0 amide bonds. The van der Waals surface area contributed by atoms with Crippen LogP contribution in [0.3, 0.4) is 0 Å². The lowest BCUT2D eigenvalue weighted by Crippen LogP contribution is -2.33.